The average Bonchev–Trinajstić information content (AvgIpc) is 2.78. The minimum absolute atomic E-state index is 0.0629. The van der Waals surface area contributed by atoms with Crippen LogP contribution in [0.3, 0.4) is 0 Å². The fraction of sp³-hybridized carbons (Fsp3) is 0.800. The van der Waals surface area contributed by atoms with Gasteiger partial charge in [-0.1, -0.05) is 20.8 Å². The number of nitrogens with zero attached hydrogens (tertiary/aromatic N) is 2. The van der Waals surface area contributed by atoms with Gasteiger partial charge in [0.1, 0.15) is 0 Å². The fourth-order valence-electron chi connectivity index (χ4n) is 2.66. The highest BCUT2D eigenvalue weighted by Crippen LogP contribution is 2.25. The molecule has 6 heteroatoms. The van der Waals surface area contributed by atoms with Crippen LogP contribution in [-0.4, -0.2) is 28.5 Å². The summed E-state index contributed by atoms with van der Waals surface area (Å²) in [6.45, 7) is 12.1. The molecule has 0 radical (unpaired) electrons. The lowest BCUT2D eigenvalue weighted by Crippen LogP contribution is -2.49. The van der Waals surface area contributed by atoms with Crippen molar-refractivity contribution in [2.24, 2.45) is 11.8 Å². The van der Waals surface area contributed by atoms with Gasteiger partial charge in [-0.2, -0.15) is 5.10 Å². The van der Waals surface area contributed by atoms with Crippen molar-refractivity contribution >= 4 is 15.9 Å². The van der Waals surface area contributed by atoms with E-state index >= 15 is 0 Å². The minimum Gasteiger partial charge on any atom is -0.377 e. The van der Waals surface area contributed by atoms with Gasteiger partial charge in [0.05, 0.1) is 28.0 Å². The van der Waals surface area contributed by atoms with E-state index in [-0.39, 0.29) is 12.1 Å². The van der Waals surface area contributed by atoms with Crippen molar-refractivity contribution < 1.29 is 4.74 Å². The second-order valence-corrected chi connectivity index (χ2v) is 6.31. The molecule has 2 unspecified atom stereocenters. The molecule has 1 rings (SSSR count). The first-order chi connectivity index (χ1) is 9.99. The third kappa shape index (κ3) is 4.52. The van der Waals surface area contributed by atoms with E-state index in [0.29, 0.717) is 12.5 Å². The van der Waals surface area contributed by atoms with Crippen LogP contribution in [-0.2, 0) is 24.1 Å². The number of hydrazine groups is 1. The van der Waals surface area contributed by atoms with Crippen LogP contribution in [0.2, 0.25) is 0 Å². The van der Waals surface area contributed by atoms with Gasteiger partial charge < -0.3 is 4.74 Å². The summed E-state index contributed by atoms with van der Waals surface area (Å²) in [6, 6.07) is 0.0629. The van der Waals surface area contributed by atoms with Crippen molar-refractivity contribution in [3.63, 3.8) is 0 Å². The van der Waals surface area contributed by atoms with E-state index in [9.17, 15) is 0 Å². The molecule has 1 heterocycles. The lowest BCUT2D eigenvalue weighted by molar-refractivity contribution is 0.00308. The smallest absolute Gasteiger partial charge is 0.0767 e. The van der Waals surface area contributed by atoms with Crippen LogP contribution in [0.5, 0.6) is 0 Å². The van der Waals surface area contributed by atoms with Crippen LogP contribution in [0.4, 0.5) is 0 Å². The summed E-state index contributed by atoms with van der Waals surface area (Å²) in [5.41, 5.74) is 5.22. The molecule has 0 amide bonds. The Kier molecular flexibility index (Phi) is 7.87. The van der Waals surface area contributed by atoms with Gasteiger partial charge in [-0.15, -0.1) is 0 Å². The molecule has 0 aliphatic rings. The zero-order valence-corrected chi connectivity index (χ0v) is 15.4. The summed E-state index contributed by atoms with van der Waals surface area (Å²) in [6.07, 6.45) is 1.79. The number of rotatable bonds is 9. The number of ether oxygens (including phenoxy) is 1. The summed E-state index contributed by atoms with van der Waals surface area (Å²) >= 11 is 3.69. The predicted octanol–water partition coefficient (Wildman–Crippen LogP) is 2.66. The van der Waals surface area contributed by atoms with Crippen molar-refractivity contribution in [1.29, 1.82) is 0 Å². The summed E-state index contributed by atoms with van der Waals surface area (Å²) < 4.78 is 9.04. The second-order valence-electron chi connectivity index (χ2n) is 5.52. The first-order valence-electron chi connectivity index (χ1n) is 7.81. The maximum Gasteiger partial charge on any atom is 0.0767 e. The molecular formula is C15H29BrN4O. The van der Waals surface area contributed by atoms with Crippen molar-refractivity contribution in [2.45, 2.75) is 66.2 Å². The number of halogens is 1. The molecule has 0 spiro atoms. The predicted molar refractivity (Wildman–Crippen MR) is 90.0 cm³/mol. The van der Waals surface area contributed by atoms with Gasteiger partial charge in [0, 0.05) is 19.6 Å². The molecule has 1 aromatic heterocycles. The lowest BCUT2D eigenvalue weighted by Gasteiger charge is -2.29. The van der Waals surface area contributed by atoms with Gasteiger partial charge in [-0.25, -0.2) is 0 Å². The van der Waals surface area contributed by atoms with Gasteiger partial charge >= 0.3 is 0 Å². The van der Waals surface area contributed by atoms with E-state index in [1.807, 2.05) is 6.92 Å². The Morgan fingerprint density at radius 3 is 2.43 bits per heavy atom. The summed E-state index contributed by atoms with van der Waals surface area (Å²) in [5, 5.41) is 4.64. The molecular weight excluding hydrogens is 332 g/mol. The molecule has 0 aliphatic carbocycles. The fourth-order valence-corrected chi connectivity index (χ4v) is 3.38. The largest absolute Gasteiger partial charge is 0.377 e. The highest BCUT2D eigenvalue weighted by Gasteiger charge is 2.27. The number of nitrogens with one attached hydrogen (secondary N) is 1. The van der Waals surface area contributed by atoms with Gasteiger partial charge in [0.2, 0.25) is 0 Å². The van der Waals surface area contributed by atoms with Crippen LogP contribution < -0.4 is 11.3 Å². The van der Waals surface area contributed by atoms with Crippen molar-refractivity contribution in [1.82, 2.24) is 15.2 Å². The molecule has 0 aromatic carbocycles. The zero-order valence-electron chi connectivity index (χ0n) is 13.8. The van der Waals surface area contributed by atoms with Gasteiger partial charge in [0.25, 0.3) is 0 Å². The number of aromatic nitrogens is 2. The third-order valence-corrected chi connectivity index (χ3v) is 4.65. The Labute approximate surface area is 136 Å². The first-order valence-corrected chi connectivity index (χ1v) is 8.61. The van der Waals surface area contributed by atoms with Crippen LogP contribution in [0.25, 0.3) is 0 Å². The molecule has 0 fully saturated rings. The maximum atomic E-state index is 5.89. The normalized spacial score (nSPS) is 14.7. The molecule has 0 saturated carbocycles. The Morgan fingerprint density at radius 2 is 2.00 bits per heavy atom. The highest BCUT2D eigenvalue weighted by molar-refractivity contribution is 9.10. The number of hydrogen-bond donors (Lipinski definition) is 2. The quantitative estimate of drug-likeness (QED) is 0.524. The Balaban J connectivity index is 3.02. The molecule has 2 atom stereocenters. The van der Waals surface area contributed by atoms with Crippen molar-refractivity contribution in [3.05, 3.63) is 15.9 Å². The van der Waals surface area contributed by atoms with E-state index in [1.54, 1.807) is 0 Å². The van der Waals surface area contributed by atoms with Crippen LogP contribution in [0, 0.1) is 5.92 Å². The Hall–Kier alpha value is -0.430. The SMILES string of the molecule is CCOC(C(C)C)C(Cc1c(Br)c(CC)nn1CC)NN. The van der Waals surface area contributed by atoms with Gasteiger partial charge in [-0.3, -0.25) is 16.0 Å². The van der Waals surface area contributed by atoms with Crippen molar-refractivity contribution in [2.75, 3.05) is 6.61 Å². The van der Waals surface area contributed by atoms with E-state index < -0.39 is 0 Å². The van der Waals surface area contributed by atoms with E-state index in [2.05, 4.69) is 58.8 Å². The summed E-state index contributed by atoms with van der Waals surface area (Å²) in [4.78, 5) is 0. The standard InChI is InChI=1S/C15H29BrN4O/c1-6-11-14(16)13(20(7-2)19-11)9-12(18-17)15(10(4)5)21-8-3/h10,12,15,18H,6-9,17H2,1-5H3. The topological polar surface area (TPSA) is 65.1 Å². The Bertz CT molecular complexity index is 434. The number of hydrogen-bond acceptors (Lipinski definition) is 4. The first kappa shape index (κ1) is 18.6. The monoisotopic (exact) mass is 360 g/mol. The molecule has 1 aromatic rings. The van der Waals surface area contributed by atoms with E-state index in [4.69, 9.17) is 10.6 Å². The van der Waals surface area contributed by atoms with Crippen LogP contribution in [0.15, 0.2) is 4.47 Å². The Morgan fingerprint density at radius 1 is 1.33 bits per heavy atom. The highest BCUT2D eigenvalue weighted by atomic mass is 79.9. The number of aryl methyl sites for hydroxylation is 2. The van der Waals surface area contributed by atoms with E-state index in [0.717, 1.165) is 29.6 Å². The number of nitrogens with two attached hydrogens (primary N) is 1. The van der Waals surface area contributed by atoms with E-state index in [1.165, 1.54) is 5.69 Å². The molecule has 0 aliphatic heterocycles. The molecule has 3 N–H and O–H groups in total. The lowest BCUT2D eigenvalue weighted by atomic mass is 9.96. The third-order valence-electron chi connectivity index (χ3n) is 3.73. The average molecular weight is 361 g/mol. The van der Waals surface area contributed by atoms with Crippen LogP contribution in [0.1, 0.15) is 46.0 Å². The van der Waals surface area contributed by atoms with Gasteiger partial charge in [0.15, 0.2) is 0 Å². The molecule has 0 saturated heterocycles. The summed E-state index contributed by atoms with van der Waals surface area (Å²) in [5.74, 6) is 6.19. The zero-order chi connectivity index (χ0) is 16.0. The molecule has 5 nitrogen and oxygen atoms in total. The molecule has 0 bridgehead atoms. The van der Waals surface area contributed by atoms with Crippen LogP contribution >= 0.6 is 15.9 Å². The maximum absolute atomic E-state index is 5.89. The summed E-state index contributed by atoms with van der Waals surface area (Å²) in [7, 11) is 0. The minimum atomic E-state index is 0.0629. The molecule has 21 heavy (non-hydrogen) atoms. The van der Waals surface area contributed by atoms with Crippen molar-refractivity contribution in [3.8, 4) is 0 Å². The second kappa shape index (κ2) is 8.88. The van der Waals surface area contributed by atoms with Gasteiger partial charge in [-0.05, 0) is 42.1 Å². The molecule has 122 valence electrons.